The first kappa shape index (κ1) is 23.3. The quantitative estimate of drug-likeness (QED) is 0.249. The van der Waals surface area contributed by atoms with Gasteiger partial charge in [0.2, 0.25) is 0 Å². The summed E-state index contributed by atoms with van der Waals surface area (Å²) in [5.41, 5.74) is 2.47. The summed E-state index contributed by atoms with van der Waals surface area (Å²) in [6, 6.07) is 20.6. The Labute approximate surface area is 169 Å². The van der Waals surface area contributed by atoms with Crippen LogP contribution in [0.4, 0.5) is 0 Å². The second-order valence-corrected chi connectivity index (χ2v) is 4.38. The largest absolute Gasteiger partial charge is 1.00 e. The monoisotopic (exact) mass is 322 g/mol. The Hall–Kier alpha value is 0.0500. The molecule has 0 unspecified atom stereocenters. The van der Waals surface area contributed by atoms with Crippen LogP contribution in [0.3, 0.4) is 0 Å². The first-order valence-corrected chi connectivity index (χ1v) is 6.73. The van der Waals surface area contributed by atoms with E-state index >= 15 is 0 Å². The van der Waals surface area contributed by atoms with Gasteiger partial charge in [0.15, 0.2) is 0 Å². The zero-order chi connectivity index (χ0) is 14.1. The molecular weight excluding hydrogens is 310 g/mol. The molecule has 7 heteroatoms. The van der Waals surface area contributed by atoms with Gasteiger partial charge in [-0.1, -0.05) is 72.8 Å². The van der Waals surface area contributed by atoms with E-state index in [-0.39, 0.29) is 59.1 Å². The van der Waals surface area contributed by atoms with E-state index in [4.69, 9.17) is 17.5 Å². The van der Waals surface area contributed by atoms with Crippen molar-refractivity contribution in [2.24, 2.45) is 0 Å². The molecule has 100 valence electrons. The Balaban J connectivity index is 0. The maximum atomic E-state index is 8.52. The van der Waals surface area contributed by atoms with E-state index in [0.29, 0.717) is 0 Å². The summed E-state index contributed by atoms with van der Waals surface area (Å²) in [5.74, 6) is 0. The van der Waals surface area contributed by atoms with Gasteiger partial charge >= 0.3 is 59.1 Å². The van der Waals surface area contributed by atoms with Crippen molar-refractivity contribution in [2.75, 3.05) is 0 Å². The minimum atomic E-state index is -5.17. The average Bonchev–Trinajstić information content (AvgIpc) is 2.37. The molecule has 0 aliphatic rings. The molecule has 0 saturated carbocycles. The van der Waals surface area contributed by atoms with Gasteiger partial charge in [-0.2, -0.15) is 0 Å². The van der Waals surface area contributed by atoms with Crippen molar-refractivity contribution in [1.82, 2.24) is 0 Å². The van der Waals surface area contributed by atoms with E-state index in [0.717, 1.165) is 0 Å². The molecule has 4 nitrogen and oxygen atoms in total. The number of hydrogen-bond acceptors (Lipinski definition) is 4. The molecule has 0 heterocycles. The predicted molar refractivity (Wildman–Crippen MR) is 72.3 cm³/mol. The van der Waals surface area contributed by atoms with Gasteiger partial charge in [-0.3, -0.25) is 8.42 Å². The second-order valence-electron chi connectivity index (χ2n) is 3.56. The maximum Gasteiger partial charge on any atom is 1.00 e. The van der Waals surface area contributed by atoms with Crippen molar-refractivity contribution < 1.29 is 76.6 Å². The summed E-state index contributed by atoms with van der Waals surface area (Å²) in [6.07, 6.45) is 4.24. The van der Waals surface area contributed by atoms with Crippen LogP contribution < -0.4 is 59.1 Å². The normalized spacial score (nSPS) is 9.81. The predicted octanol–water partition coefficient (Wildman–Crippen LogP) is -3.47. The second kappa shape index (κ2) is 12.6. The fraction of sp³-hybridized carbons (Fsp3) is 0. The fourth-order valence-electron chi connectivity index (χ4n) is 1.32. The van der Waals surface area contributed by atoms with Gasteiger partial charge in [-0.15, -0.1) is 0 Å². The summed E-state index contributed by atoms with van der Waals surface area (Å²) < 4.78 is 34.1. The van der Waals surface area contributed by atoms with Crippen LogP contribution in [0.1, 0.15) is 11.1 Å². The zero-order valence-electron chi connectivity index (χ0n) is 12.0. The van der Waals surface area contributed by atoms with Gasteiger partial charge in [-0.25, -0.2) is 0 Å². The van der Waals surface area contributed by atoms with Crippen molar-refractivity contribution in [3.63, 3.8) is 0 Å². The molecule has 0 aliphatic carbocycles. The molecule has 2 rings (SSSR count). The van der Waals surface area contributed by atoms with Gasteiger partial charge in [0.05, 0.1) is 0 Å². The van der Waals surface area contributed by atoms with Crippen molar-refractivity contribution in [3.05, 3.63) is 71.8 Å². The van der Waals surface area contributed by atoms with Gasteiger partial charge in [0, 0.05) is 10.4 Å². The molecule has 0 aliphatic heterocycles. The summed E-state index contributed by atoms with van der Waals surface area (Å²) in [4.78, 5) is 0. The Kier molecular flexibility index (Phi) is 14.0. The summed E-state index contributed by atoms with van der Waals surface area (Å²) >= 11 is 0. The van der Waals surface area contributed by atoms with E-state index < -0.39 is 10.4 Å². The molecule has 2 aromatic carbocycles. The Morgan fingerprint density at radius 3 is 1.14 bits per heavy atom. The first-order chi connectivity index (χ1) is 8.95. The third-order valence-corrected chi connectivity index (χ3v) is 2.07. The van der Waals surface area contributed by atoms with E-state index in [1.165, 1.54) is 11.1 Å². The molecule has 0 amide bonds. The van der Waals surface area contributed by atoms with E-state index in [1.807, 2.05) is 36.4 Å². The third-order valence-electron chi connectivity index (χ3n) is 2.07. The number of benzene rings is 2. The Bertz CT molecular complexity index is 564. The van der Waals surface area contributed by atoms with Crippen molar-refractivity contribution >= 4 is 22.6 Å². The molecule has 0 bridgehead atoms. The van der Waals surface area contributed by atoms with Crippen LogP contribution in [0.2, 0.25) is 0 Å². The molecule has 0 aromatic heterocycles. The average molecular weight is 322 g/mol. The smallest absolute Gasteiger partial charge is 0.759 e. The SMILES string of the molecule is C(=Cc1ccccc1)c1ccccc1.O=S(=O)([O-])[O-].[Na+].[Na+]. The molecule has 2 aromatic rings. The first-order valence-electron chi connectivity index (χ1n) is 5.40. The van der Waals surface area contributed by atoms with Crippen LogP contribution in [0.15, 0.2) is 60.7 Å². The molecule has 0 atom stereocenters. The van der Waals surface area contributed by atoms with Crippen molar-refractivity contribution in [1.29, 1.82) is 0 Å². The molecule has 0 saturated heterocycles. The summed E-state index contributed by atoms with van der Waals surface area (Å²) in [5, 5.41) is 0. The van der Waals surface area contributed by atoms with Gasteiger partial charge in [0.1, 0.15) is 0 Å². The number of hydrogen-bond donors (Lipinski definition) is 0. The summed E-state index contributed by atoms with van der Waals surface area (Å²) in [7, 11) is -5.17. The van der Waals surface area contributed by atoms with E-state index in [1.54, 1.807) is 0 Å². The van der Waals surface area contributed by atoms with Crippen LogP contribution in [-0.2, 0) is 10.4 Å². The van der Waals surface area contributed by atoms with E-state index in [9.17, 15) is 0 Å². The molecule has 21 heavy (non-hydrogen) atoms. The van der Waals surface area contributed by atoms with Crippen LogP contribution in [-0.4, -0.2) is 17.5 Å². The molecule has 0 fully saturated rings. The number of rotatable bonds is 2. The van der Waals surface area contributed by atoms with Crippen LogP contribution in [0.25, 0.3) is 12.2 Å². The van der Waals surface area contributed by atoms with Gasteiger partial charge in [-0.05, 0) is 11.1 Å². The third kappa shape index (κ3) is 14.7. The Morgan fingerprint density at radius 1 is 0.667 bits per heavy atom. The van der Waals surface area contributed by atoms with Crippen LogP contribution in [0.5, 0.6) is 0 Å². The zero-order valence-corrected chi connectivity index (χ0v) is 16.8. The standard InChI is InChI=1S/C14H12.2Na.H2O4S/c1-3-7-13(8-4-1)11-12-14-9-5-2-6-10-14;;;1-5(2,3)4/h1-12H;;;(H2,1,2,3,4)/q;2*+1;/p-2. The molecule has 0 spiro atoms. The summed E-state index contributed by atoms with van der Waals surface area (Å²) in [6.45, 7) is 0. The van der Waals surface area contributed by atoms with Crippen LogP contribution in [0, 0.1) is 0 Å². The molecular formula is C14H12Na2O4S. The van der Waals surface area contributed by atoms with Crippen LogP contribution >= 0.6 is 0 Å². The van der Waals surface area contributed by atoms with Crippen molar-refractivity contribution in [2.45, 2.75) is 0 Å². The van der Waals surface area contributed by atoms with Gasteiger partial charge in [0.25, 0.3) is 0 Å². The van der Waals surface area contributed by atoms with E-state index in [2.05, 4.69) is 36.4 Å². The van der Waals surface area contributed by atoms with Gasteiger partial charge < -0.3 is 9.11 Å². The molecule has 0 radical (unpaired) electrons. The minimum Gasteiger partial charge on any atom is -0.759 e. The topological polar surface area (TPSA) is 80.3 Å². The molecule has 0 N–H and O–H groups in total. The van der Waals surface area contributed by atoms with Crippen molar-refractivity contribution in [3.8, 4) is 0 Å². The fourth-order valence-corrected chi connectivity index (χ4v) is 1.32. The maximum absolute atomic E-state index is 8.52. The Morgan fingerprint density at radius 2 is 0.905 bits per heavy atom. The minimum absolute atomic E-state index is 0.